The van der Waals surface area contributed by atoms with E-state index in [1.54, 1.807) is 32.7 Å². The van der Waals surface area contributed by atoms with Crippen LogP contribution in [0.5, 0.6) is 0 Å². The summed E-state index contributed by atoms with van der Waals surface area (Å²) in [6.45, 7) is 7.75. The van der Waals surface area contributed by atoms with Gasteiger partial charge in [0.1, 0.15) is 23.2 Å². The maximum absolute atomic E-state index is 13.6. The van der Waals surface area contributed by atoms with Crippen LogP contribution in [-0.2, 0) is 19.1 Å². The van der Waals surface area contributed by atoms with Gasteiger partial charge < -0.3 is 25.6 Å². The fraction of sp³-hybridized carbons (Fsp3) is 0.760. The molecule has 1 saturated heterocycles. The predicted octanol–water partition coefficient (Wildman–Crippen LogP) is 2.26. The van der Waals surface area contributed by atoms with Gasteiger partial charge in [0, 0.05) is 19.5 Å². The molecule has 3 rings (SSSR count). The number of carbonyl (C=O) groups excluding carboxylic acids is 4. The van der Waals surface area contributed by atoms with Crippen molar-refractivity contribution in [1.82, 2.24) is 20.9 Å². The summed E-state index contributed by atoms with van der Waals surface area (Å²) in [5.74, 6) is -0.723. The second kappa shape index (κ2) is 10.4. The summed E-state index contributed by atoms with van der Waals surface area (Å²) in [7, 11) is 1.57. The Kier molecular flexibility index (Phi) is 7.93. The van der Waals surface area contributed by atoms with E-state index in [0.717, 1.165) is 25.7 Å². The zero-order chi connectivity index (χ0) is 25.1. The van der Waals surface area contributed by atoms with E-state index < -0.39 is 29.3 Å². The van der Waals surface area contributed by atoms with E-state index >= 15 is 0 Å². The molecule has 0 radical (unpaired) electrons. The highest BCUT2D eigenvalue weighted by molar-refractivity contribution is 5.98. The number of amides is 4. The number of nitrogens with one attached hydrogen (secondary N) is 3. The Morgan fingerprint density at radius 1 is 1.21 bits per heavy atom. The number of rotatable bonds is 2. The van der Waals surface area contributed by atoms with Gasteiger partial charge in [0.25, 0.3) is 0 Å². The summed E-state index contributed by atoms with van der Waals surface area (Å²) < 4.78 is 5.39. The minimum absolute atomic E-state index is 0.0499. The second-order valence-corrected chi connectivity index (χ2v) is 11.0. The SMILES string of the molecule is CNC(=O)[C@@]12C[C@H]1/C=C\CCCCC[C@H](NC(=O)OC(C)(C)C)C(=O)N1C[C@H](C)C[C@H]1C(=O)N2. The largest absolute Gasteiger partial charge is 0.444 e. The number of allylic oxidation sites excluding steroid dienone is 1. The summed E-state index contributed by atoms with van der Waals surface area (Å²) >= 11 is 0. The van der Waals surface area contributed by atoms with E-state index in [0.29, 0.717) is 25.8 Å². The third-order valence-electron chi connectivity index (χ3n) is 6.81. The molecule has 4 amide bonds. The summed E-state index contributed by atoms with van der Waals surface area (Å²) in [4.78, 5) is 53.7. The van der Waals surface area contributed by atoms with Crippen LogP contribution in [0.1, 0.15) is 72.6 Å². The highest BCUT2D eigenvalue weighted by Gasteiger charge is 2.60. The first-order valence-electron chi connectivity index (χ1n) is 12.5. The maximum atomic E-state index is 13.6. The Labute approximate surface area is 202 Å². The van der Waals surface area contributed by atoms with Gasteiger partial charge in [-0.3, -0.25) is 14.4 Å². The van der Waals surface area contributed by atoms with Gasteiger partial charge in [-0.25, -0.2) is 4.79 Å². The molecule has 34 heavy (non-hydrogen) atoms. The molecule has 9 nitrogen and oxygen atoms in total. The van der Waals surface area contributed by atoms with Crippen molar-refractivity contribution in [3.63, 3.8) is 0 Å². The zero-order valence-corrected chi connectivity index (χ0v) is 21.1. The molecule has 0 aromatic heterocycles. The molecule has 9 heteroatoms. The van der Waals surface area contributed by atoms with Crippen LogP contribution in [0.3, 0.4) is 0 Å². The van der Waals surface area contributed by atoms with Gasteiger partial charge in [0.05, 0.1) is 0 Å². The molecule has 1 saturated carbocycles. The van der Waals surface area contributed by atoms with Crippen LogP contribution in [0, 0.1) is 11.8 Å². The molecule has 3 aliphatic rings. The molecule has 2 heterocycles. The minimum Gasteiger partial charge on any atom is -0.444 e. The predicted molar refractivity (Wildman–Crippen MR) is 128 cm³/mol. The Morgan fingerprint density at radius 2 is 1.94 bits per heavy atom. The van der Waals surface area contributed by atoms with E-state index in [-0.39, 0.29) is 29.6 Å². The van der Waals surface area contributed by atoms with Crippen molar-refractivity contribution >= 4 is 23.8 Å². The summed E-state index contributed by atoms with van der Waals surface area (Å²) in [5.41, 5.74) is -1.64. The second-order valence-electron chi connectivity index (χ2n) is 11.0. The minimum atomic E-state index is -0.961. The van der Waals surface area contributed by atoms with Crippen LogP contribution in [0.15, 0.2) is 12.2 Å². The highest BCUT2D eigenvalue weighted by Crippen LogP contribution is 2.45. The van der Waals surface area contributed by atoms with Gasteiger partial charge >= 0.3 is 6.09 Å². The smallest absolute Gasteiger partial charge is 0.408 e. The van der Waals surface area contributed by atoms with Gasteiger partial charge in [-0.15, -0.1) is 0 Å². The quantitative estimate of drug-likeness (QED) is 0.529. The Balaban J connectivity index is 1.84. The lowest BCUT2D eigenvalue weighted by molar-refractivity contribution is -0.141. The van der Waals surface area contributed by atoms with Crippen LogP contribution >= 0.6 is 0 Å². The third-order valence-corrected chi connectivity index (χ3v) is 6.81. The number of carbonyl (C=O) groups is 4. The van der Waals surface area contributed by atoms with Crippen molar-refractivity contribution in [1.29, 1.82) is 0 Å². The fourth-order valence-corrected chi connectivity index (χ4v) is 5.00. The normalized spacial score (nSPS) is 33.4. The summed E-state index contributed by atoms with van der Waals surface area (Å²) in [6.07, 6.45) is 8.49. The molecule has 0 unspecified atom stereocenters. The van der Waals surface area contributed by atoms with E-state index in [9.17, 15) is 19.2 Å². The number of alkyl carbamates (subject to hydrolysis) is 1. The number of hydrogen-bond donors (Lipinski definition) is 3. The average Bonchev–Trinajstić information content (AvgIpc) is 3.29. The molecule has 0 spiro atoms. The van der Waals surface area contributed by atoms with E-state index in [2.05, 4.69) is 22.0 Å². The van der Waals surface area contributed by atoms with Crippen LogP contribution < -0.4 is 16.0 Å². The fourth-order valence-electron chi connectivity index (χ4n) is 5.00. The van der Waals surface area contributed by atoms with Crippen molar-refractivity contribution in [2.45, 2.75) is 95.9 Å². The molecule has 0 aromatic rings. The maximum Gasteiger partial charge on any atom is 0.408 e. The number of hydrogen-bond acceptors (Lipinski definition) is 5. The molecule has 190 valence electrons. The average molecular weight is 477 g/mol. The molecule has 1 aliphatic carbocycles. The van der Waals surface area contributed by atoms with Crippen molar-refractivity contribution in [3.05, 3.63) is 12.2 Å². The van der Waals surface area contributed by atoms with Gasteiger partial charge in [-0.2, -0.15) is 0 Å². The van der Waals surface area contributed by atoms with Crippen LogP contribution in [0.4, 0.5) is 4.79 Å². The lowest BCUT2D eigenvalue weighted by Gasteiger charge is -2.30. The van der Waals surface area contributed by atoms with Gasteiger partial charge in [0.2, 0.25) is 17.7 Å². The number of ether oxygens (including phenoxy) is 1. The van der Waals surface area contributed by atoms with E-state index in [1.807, 2.05) is 13.0 Å². The van der Waals surface area contributed by atoms with Crippen LogP contribution in [-0.4, -0.2) is 65.5 Å². The standard InChI is InChI=1S/C25H40N4O5/c1-16-13-19-20(30)28-25(22(32)26-5)14-17(25)11-9-7-6-8-10-12-18(21(31)29(19)15-16)27-23(33)34-24(2,3)4/h9,11,16-19H,6-8,10,12-15H2,1-5H3,(H,26,32)(H,27,33)(H,28,30)/b11-9-/t16-,17-,18+,19+,25-/m1/s1. The van der Waals surface area contributed by atoms with Gasteiger partial charge in [-0.1, -0.05) is 31.9 Å². The molecule has 0 aromatic carbocycles. The number of fused-ring (bicyclic) bond motifs is 2. The first-order valence-corrected chi connectivity index (χ1v) is 12.5. The Morgan fingerprint density at radius 3 is 2.62 bits per heavy atom. The lowest BCUT2D eigenvalue weighted by Crippen LogP contribution is -2.57. The lowest BCUT2D eigenvalue weighted by atomic mass is 10.0. The number of likely N-dealkylation sites (N-methyl/N-ethyl adjacent to an activating group) is 1. The topological polar surface area (TPSA) is 117 Å². The molecule has 3 N–H and O–H groups in total. The summed E-state index contributed by atoms with van der Waals surface area (Å²) in [5, 5.41) is 8.41. The van der Waals surface area contributed by atoms with Crippen LogP contribution in [0.2, 0.25) is 0 Å². The molecule has 0 bridgehead atoms. The Hall–Kier alpha value is -2.58. The molecule has 2 fully saturated rings. The van der Waals surface area contributed by atoms with Crippen LogP contribution in [0.25, 0.3) is 0 Å². The van der Waals surface area contributed by atoms with Crippen molar-refractivity contribution in [2.24, 2.45) is 11.8 Å². The van der Waals surface area contributed by atoms with Crippen molar-refractivity contribution in [3.8, 4) is 0 Å². The highest BCUT2D eigenvalue weighted by atomic mass is 16.6. The zero-order valence-electron chi connectivity index (χ0n) is 21.1. The summed E-state index contributed by atoms with van der Waals surface area (Å²) in [6, 6.07) is -1.44. The molecular formula is C25H40N4O5. The molecule has 5 atom stereocenters. The van der Waals surface area contributed by atoms with E-state index in [4.69, 9.17) is 4.74 Å². The first-order chi connectivity index (χ1) is 16.0. The molecular weight excluding hydrogens is 436 g/mol. The van der Waals surface area contributed by atoms with Gasteiger partial charge in [-0.05, 0) is 58.8 Å². The van der Waals surface area contributed by atoms with Crippen molar-refractivity contribution in [2.75, 3.05) is 13.6 Å². The number of nitrogens with zero attached hydrogens (tertiary/aromatic N) is 1. The van der Waals surface area contributed by atoms with Gasteiger partial charge in [0.15, 0.2) is 0 Å². The third kappa shape index (κ3) is 6.10. The molecule has 2 aliphatic heterocycles. The van der Waals surface area contributed by atoms with E-state index in [1.165, 1.54) is 0 Å². The Bertz CT molecular complexity index is 836. The van der Waals surface area contributed by atoms with Crippen molar-refractivity contribution < 1.29 is 23.9 Å². The first kappa shape index (κ1) is 26.0. The monoisotopic (exact) mass is 476 g/mol.